The van der Waals surface area contributed by atoms with Gasteiger partial charge in [0.05, 0.1) is 4.47 Å². The average molecular weight is 318 g/mol. The summed E-state index contributed by atoms with van der Waals surface area (Å²) in [6, 6.07) is 4.16. The molecule has 1 aromatic carbocycles. The van der Waals surface area contributed by atoms with Crippen molar-refractivity contribution < 1.29 is 14.3 Å². The average Bonchev–Trinajstić information content (AvgIpc) is 2.37. The van der Waals surface area contributed by atoms with Gasteiger partial charge in [0.2, 0.25) is 0 Å². The predicted octanol–water partition coefficient (Wildman–Crippen LogP) is 2.73. The molecule has 0 bridgehead atoms. The van der Waals surface area contributed by atoms with Crippen LogP contribution < -0.4 is 5.32 Å². The third-order valence-corrected chi connectivity index (χ3v) is 3.46. The summed E-state index contributed by atoms with van der Waals surface area (Å²) < 4.78 is 13.3. The monoisotopic (exact) mass is 317 g/mol. The molecule has 0 aliphatic heterocycles. The molecule has 0 fully saturated rings. The number of carbonyl (C=O) groups is 1. The van der Waals surface area contributed by atoms with Crippen LogP contribution in [0.4, 0.5) is 4.39 Å². The molecule has 0 aromatic heterocycles. The van der Waals surface area contributed by atoms with E-state index in [1.54, 1.807) is 0 Å². The molecule has 1 aromatic rings. The van der Waals surface area contributed by atoms with E-state index in [1.807, 2.05) is 6.92 Å². The van der Waals surface area contributed by atoms with Crippen LogP contribution in [0, 0.1) is 11.7 Å². The second kappa shape index (κ2) is 7.48. The van der Waals surface area contributed by atoms with Gasteiger partial charge in [-0.25, -0.2) is 4.39 Å². The topological polar surface area (TPSA) is 49.3 Å². The highest BCUT2D eigenvalue weighted by atomic mass is 79.9. The number of amides is 1. The molecule has 1 atom stereocenters. The van der Waals surface area contributed by atoms with Crippen LogP contribution in [0.2, 0.25) is 0 Å². The van der Waals surface area contributed by atoms with Gasteiger partial charge in [-0.2, -0.15) is 0 Å². The number of nitrogens with one attached hydrogen (secondary N) is 1. The van der Waals surface area contributed by atoms with E-state index in [4.69, 9.17) is 5.11 Å². The fraction of sp³-hybridized carbons (Fsp3) is 0.462. The first kappa shape index (κ1) is 15.1. The molecule has 0 spiro atoms. The number of halogens is 2. The first-order valence-electron chi connectivity index (χ1n) is 5.92. The number of hydrogen-bond acceptors (Lipinski definition) is 2. The van der Waals surface area contributed by atoms with E-state index in [1.165, 1.54) is 18.2 Å². The highest BCUT2D eigenvalue weighted by molar-refractivity contribution is 9.10. The van der Waals surface area contributed by atoms with E-state index in [9.17, 15) is 9.18 Å². The van der Waals surface area contributed by atoms with Crippen molar-refractivity contribution in [1.82, 2.24) is 5.32 Å². The minimum atomic E-state index is -0.390. The van der Waals surface area contributed by atoms with Crippen molar-refractivity contribution in [2.45, 2.75) is 19.8 Å². The number of hydrogen-bond donors (Lipinski definition) is 2. The Morgan fingerprint density at radius 3 is 2.83 bits per heavy atom. The Morgan fingerprint density at radius 1 is 1.56 bits per heavy atom. The molecular weight excluding hydrogens is 301 g/mol. The molecule has 1 unspecified atom stereocenters. The summed E-state index contributed by atoms with van der Waals surface area (Å²) in [5.41, 5.74) is 0.419. The smallest absolute Gasteiger partial charge is 0.251 e. The molecule has 0 saturated heterocycles. The van der Waals surface area contributed by atoms with Crippen LogP contribution in [-0.2, 0) is 0 Å². The quantitative estimate of drug-likeness (QED) is 0.847. The molecule has 18 heavy (non-hydrogen) atoms. The third kappa shape index (κ3) is 4.38. The number of aliphatic hydroxyl groups is 1. The van der Waals surface area contributed by atoms with E-state index in [-0.39, 0.29) is 22.9 Å². The first-order valence-corrected chi connectivity index (χ1v) is 6.71. The standard InChI is InChI=1S/C13H17BrFNO2/c1-2-9(5-6-17)8-16-13(18)10-3-4-12(15)11(14)7-10/h3-4,7,9,17H,2,5-6,8H2,1H3,(H,16,18). The Bertz CT molecular complexity index is 412. The Kier molecular flexibility index (Phi) is 6.29. The SMILES string of the molecule is CCC(CCO)CNC(=O)c1ccc(F)c(Br)c1. The van der Waals surface area contributed by atoms with E-state index in [0.29, 0.717) is 18.5 Å². The van der Waals surface area contributed by atoms with Gasteiger partial charge in [-0.15, -0.1) is 0 Å². The Hall–Kier alpha value is -0.940. The van der Waals surface area contributed by atoms with Crippen molar-refractivity contribution in [2.24, 2.45) is 5.92 Å². The molecule has 0 heterocycles. The molecule has 0 aliphatic carbocycles. The Labute approximate surface area is 115 Å². The van der Waals surface area contributed by atoms with Crippen LogP contribution >= 0.6 is 15.9 Å². The molecule has 1 rings (SSSR count). The fourth-order valence-electron chi connectivity index (χ4n) is 1.61. The van der Waals surface area contributed by atoms with Gasteiger partial charge in [0, 0.05) is 18.7 Å². The van der Waals surface area contributed by atoms with Crippen LogP contribution in [0.3, 0.4) is 0 Å². The molecule has 100 valence electrons. The lowest BCUT2D eigenvalue weighted by Crippen LogP contribution is -2.29. The summed E-state index contributed by atoms with van der Waals surface area (Å²) in [6.45, 7) is 2.66. The molecule has 3 nitrogen and oxygen atoms in total. The maximum Gasteiger partial charge on any atom is 0.251 e. The highest BCUT2D eigenvalue weighted by Crippen LogP contribution is 2.17. The van der Waals surface area contributed by atoms with Gasteiger partial charge in [-0.1, -0.05) is 13.3 Å². The molecule has 2 N–H and O–H groups in total. The lowest BCUT2D eigenvalue weighted by molar-refractivity contribution is 0.0943. The molecule has 0 radical (unpaired) electrons. The maximum absolute atomic E-state index is 13.0. The van der Waals surface area contributed by atoms with Crippen molar-refractivity contribution in [2.75, 3.05) is 13.2 Å². The zero-order valence-electron chi connectivity index (χ0n) is 10.2. The van der Waals surface area contributed by atoms with Crippen LogP contribution in [0.1, 0.15) is 30.1 Å². The molecule has 0 saturated carbocycles. The summed E-state index contributed by atoms with van der Waals surface area (Å²) in [6.07, 6.45) is 1.57. The molecule has 1 amide bonds. The Morgan fingerprint density at radius 2 is 2.28 bits per heavy atom. The van der Waals surface area contributed by atoms with Gasteiger partial charge in [0.15, 0.2) is 0 Å². The number of carbonyl (C=O) groups excluding carboxylic acids is 1. The van der Waals surface area contributed by atoms with Gasteiger partial charge in [-0.05, 0) is 46.5 Å². The summed E-state index contributed by atoms with van der Waals surface area (Å²) in [5.74, 6) is -0.354. The minimum absolute atomic E-state index is 0.122. The summed E-state index contributed by atoms with van der Waals surface area (Å²) >= 11 is 3.04. The second-order valence-electron chi connectivity index (χ2n) is 4.13. The second-order valence-corrected chi connectivity index (χ2v) is 4.98. The van der Waals surface area contributed by atoms with Crippen LogP contribution in [0.25, 0.3) is 0 Å². The lowest BCUT2D eigenvalue weighted by atomic mass is 10.0. The van der Waals surface area contributed by atoms with E-state index < -0.39 is 5.82 Å². The van der Waals surface area contributed by atoms with E-state index >= 15 is 0 Å². The number of benzene rings is 1. The van der Waals surface area contributed by atoms with Crippen molar-refractivity contribution in [3.8, 4) is 0 Å². The van der Waals surface area contributed by atoms with Gasteiger partial charge < -0.3 is 10.4 Å². The summed E-state index contributed by atoms with van der Waals surface area (Å²) in [5, 5.41) is 11.6. The van der Waals surface area contributed by atoms with E-state index in [2.05, 4.69) is 21.2 Å². The first-order chi connectivity index (χ1) is 8.58. The largest absolute Gasteiger partial charge is 0.396 e. The van der Waals surface area contributed by atoms with Crippen LogP contribution in [0.15, 0.2) is 22.7 Å². The van der Waals surface area contributed by atoms with Crippen LogP contribution in [0.5, 0.6) is 0 Å². The summed E-state index contributed by atoms with van der Waals surface area (Å²) in [7, 11) is 0. The third-order valence-electron chi connectivity index (χ3n) is 2.85. The van der Waals surface area contributed by atoms with Crippen molar-refractivity contribution in [3.63, 3.8) is 0 Å². The van der Waals surface area contributed by atoms with Crippen molar-refractivity contribution in [1.29, 1.82) is 0 Å². The number of aliphatic hydroxyl groups excluding tert-OH is 1. The maximum atomic E-state index is 13.0. The number of rotatable bonds is 6. The zero-order chi connectivity index (χ0) is 13.5. The Balaban J connectivity index is 2.57. The molecule has 0 aliphatic rings. The lowest BCUT2D eigenvalue weighted by Gasteiger charge is -2.14. The summed E-state index contributed by atoms with van der Waals surface area (Å²) in [4.78, 5) is 11.8. The zero-order valence-corrected chi connectivity index (χ0v) is 11.8. The normalized spacial score (nSPS) is 12.2. The minimum Gasteiger partial charge on any atom is -0.396 e. The highest BCUT2D eigenvalue weighted by Gasteiger charge is 2.11. The fourth-order valence-corrected chi connectivity index (χ4v) is 1.99. The van der Waals surface area contributed by atoms with Crippen LogP contribution in [-0.4, -0.2) is 24.2 Å². The molecular formula is C13H17BrFNO2. The molecule has 5 heteroatoms. The van der Waals surface area contributed by atoms with Gasteiger partial charge in [0.25, 0.3) is 5.91 Å². The predicted molar refractivity (Wildman–Crippen MR) is 71.9 cm³/mol. The van der Waals surface area contributed by atoms with Gasteiger partial charge in [-0.3, -0.25) is 4.79 Å². The van der Waals surface area contributed by atoms with Crippen molar-refractivity contribution in [3.05, 3.63) is 34.1 Å². The van der Waals surface area contributed by atoms with Gasteiger partial charge in [0.1, 0.15) is 5.82 Å². The van der Waals surface area contributed by atoms with E-state index in [0.717, 1.165) is 6.42 Å². The van der Waals surface area contributed by atoms with Crippen molar-refractivity contribution >= 4 is 21.8 Å². The van der Waals surface area contributed by atoms with Gasteiger partial charge >= 0.3 is 0 Å².